The molecule has 0 amide bonds. The molecule has 0 aromatic carbocycles. The molecule has 2 heterocycles. The Balaban J connectivity index is 0. The number of aliphatic carboxylic acids is 2. The second kappa shape index (κ2) is 12.2. The first-order chi connectivity index (χ1) is 9.58. The summed E-state index contributed by atoms with van der Waals surface area (Å²) in [4.78, 5) is 20.1. The summed E-state index contributed by atoms with van der Waals surface area (Å²) in [6, 6.07) is 10.7. The zero-order valence-electron chi connectivity index (χ0n) is 11.6. The maximum absolute atomic E-state index is 10.0. The average Bonchev–Trinajstić information content (AvgIpc) is 2.40. The van der Waals surface area contributed by atoms with Crippen molar-refractivity contribution in [1.82, 2.24) is 0 Å². The molecular formula is C14H17ClN2O5. The molecule has 2 aromatic heterocycles. The van der Waals surface area contributed by atoms with E-state index in [9.17, 15) is 19.8 Å². The lowest BCUT2D eigenvalue weighted by atomic mass is 10.5. The van der Waals surface area contributed by atoms with Gasteiger partial charge in [-0.15, -0.1) is 12.4 Å². The molecule has 0 aliphatic heterocycles. The van der Waals surface area contributed by atoms with Crippen LogP contribution in [-0.4, -0.2) is 17.4 Å². The molecule has 0 fully saturated rings. The van der Waals surface area contributed by atoms with E-state index in [0.29, 0.717) is 0 Å². The van der Waals surface area contributed by atoms with Gasteiger partial charge in [0.15, 0.2) is 37.9 Å². The first-order valence-corrected chi connectivity index (χ1v) is 5.86. The Hall–Kier alpha value is -2.51. The fraction of sp³-hybridized carbons (Fsp3) is 0.143. The number of carboxylic acid groups (broad SMARTS) is 2. The van der Waals surface area contributed by atoms with Crippen LogP contribution in [-0.2, 0) is 22.7 Å². The van der Waals surface area contributed by atoms with Crippen LogP contribution in [0.25, 0.3) is 0 Å². The fourth-order valence-electron chi connectivity index (χ4n) is 1.38. The third-order valence-electron chi connectivity index (χ3n) is 2.18. The van der Waals surface area contributed by atoms with Crippen LogP contribution in [0, 0.1) is 0 Å². The van der Waals surface area contributed by atoms with Crippen molar-refractivity contribution in [3.8, 4) is 0 Å². The van der Waals surface area contributed by atoms with Gasteiger partial charge in [-0.1, -0.05) is 12.1 Å². The van der Waals surface area contributed by atoms with Crippen LogP contribution in [0.2, 0.25) is 0 Å². The Morgan fingerprint density at radius 2 is 0.955 bits per heavy atom. The maximum Gasteiger partial charge on any atom is 0.187 e. The molecule has 0 unspecified atom stereocenters. The molecular weight excluding hydrogens is 312 g/mol. The lowest BCUT2D eigenvalue weighted by molar-refractivity contribution is -0.690. The number of hydrogen-bond donors (Lipinski definition) is 0. The number of rotatable bonds is 4. The van der Waals surface area contributed by atoms with Crippen molar-refractivity contribution in [2.75, 3.05) is 0 Å². The van der Waals surface area contributed by atoms with Crippen LogP contribution in [0.3, 0.4) is 0 Å². The van der Waals surface area contributed by atoms with Gasteiger partial charge in [0.1, 0.15) is 11.9 Å². The molecule has 0 saturated carbocycles. The van der Waals surface area contributed by atoms with E-state index in [1.165, 1.54) is 9.13 Å². The molecule has 0 spiro atoms. The Morgan fingerprint density at radius 1 is 0.682 bits per heavy atom. The lowest BCUT2D eigenvalue weighted by Gasteiger charge is -1.94. The minimum absolute atomic E-state index is 0. The van der Waals surface area contributed by atoms with Gasteiger partial charge >= 0.3 is 0 Å². The van der Waals surface area contributed by atoms with Crippen LogP contribution in [0.4, 0.5) is 0 Å². The van der Waals surface area contributed by atoms with Gasteiger partial charge in [0.05, 0.1) is 0 Å². The predicted molar refractivity (Wildman–Crippen MR) is 74.1 cm³/mol. The maximum atomic E-state index is 10.0. The summed E-state index contributed by atoms with van der Waals surface area (Å²) < 4.78 is 3.07. The van der Waals surface area contributed by atoms with Crippen molar-refractivity contribution < 1.29 is 34.4 Å². The minimum Gasteiger partial charge on any atom is -0.544 e. The summed E-state index contributed by atoms with van der Waals surface area (Å²) >= 11 is 0. The van der Waals surface area contributed by atoms with Crippen LogP contribution >= 0.6 is 12.4 Å². The van der Waals surface area contributed by atoms with Gasteiger partial charge in [-0.25, -0.2) is 0 Å². The summed E-state index contributed by atoms with van der Waals surface area (Å²) in [6.45, 7) is -0.165. The molecule has 2 aromatic rings. The van der Waals surface area contributed by atoms with Crippen molar-refractivity contribution in [2.45, 2.75) is 13.1 Å². The summed E-state index contributed by atoms with van der Waals surface area (Å²) in [5.41, 5.74) is 0. The van der Waals surface area contributed by atoms with Crippen LogP contribution in [0.1, 0.15) is 0 Å². The number of carbonyl (C=O) groups excluding carboxylic acids is 2. The van der Waals surface area contributed by atoms with Gasteiger partial charge < -0.3 is 25.3 Å². The number of nitrogens with zero attached hydrogens (tertiary/aromatic N) is 2. The highest BCUT2D eigenvalue weighted by atomic mass is 35.5. The third-order valence-corrected chi connectivity index (χ3v) is 2.18. The van der Waals surface area contributed by atoms with E-state index < -0.39 is 11.9 Å². The fourth-order valence-corrected chi connectivity index (χ4v) is 1.38. The van der Waals surface area contributed by atoms with Crippen molar-refractivity contribution in [3.63, 3.8) is 0 Å². The Bertz CT molecular complexity index is 500. The number of pyridine rings is 2. The van der Waals surface area contributed by atoms with Crippen LogP contribution < -0.4 is 19.3 Å². The average molecular weight is 329 g/mol. The van der Waals surface area contributed by atoms with Gasteiger partial charge in [-0.3, -0.25) is 0 Å². The third kappa shape index (κ3) is 10.3. The van der Waals surface area contributed by atoms with Gasteiger partial charge in [-0.05, 0) is 0 Å². The first kappa shape index (κ1) is 21.8. The largest absolute Gasteiger partial charge is 0.544 e. The molecule has 0 radical (unpaired) electrons. The van der Waals surface area contributed by atoms with Crippen molar-refractivity contribution in [2.24, 2.45) is 0 Å². The molecule has 120 valence electrons. The van der Waals surface area contributed by atoms with Crippen molar-refractivity contribution in [3.05, 3.63) is 61.2 Å². The van der Waals surface area contributed by atoms with E-state index in [4.69, 9.17) is 0 Å². The predicted octanol–water partition coefficient (Wildman–Crippen LogP) is -2.95. The second-order valence-corrected chi connectivity index (χ2v) is 3.84. The molecule has 2 rings (SSSR count). The van der Waals surface area contributed by atoms with Crippen molar-refractivity contribution >= 4 is 24.3 Å². The summed E-state index contributed by atoms with van der Waals surface area (Å²) in [5.74, 6) is -2.15. The van der Waals surface area contributed by atoms with Gasteiger partial charge in [0.2, 0.25) is 0 Å². The number of carboxylic acids is 2. The van der Waals surface area contributed by atoms with Crippen LogP contribution in [0.15, 0.2) is 61.2 Å². The monoisotopic (exact) mass is 328 g/mol. The lowest BCUT2D eigenvalue weighted by Crippen LogP contribution is -2.43. The highest BCUT2D eigenvalue weighted by molar-refractivity contribution is 5.85. The summed E-state index contributed by atoms with van der Waals surface area (Å²) in [7, 11) is 0. The van der Waals surface area contributed by atoms with E-state index in [0.717, 1.165) is 0 Å². The molecule has 22 heavy (non-hydrogen) atoms. The zero-order chi connectivity index (χ0) is 14.8. The molecule has 0 saturated heterocycles. The molecule has 0 atom stereocenters. The van der Waals surface area contributed by atoms with Gasteiger partial charge in [0.25, 0.3) is 0 Å². The minimum atomic E-state index is -1.07. The molecule has 2 N–H and O–H groups in total. The van der Waals surface area contributed by atoms with Crippen LogP contribution in [0.5, 0.6) is 0 Å². The topological polar surface area (TPSA) is 120 Å². The second-order valence-electron chi connectivity index (χ2n) is 3.84. The Morgan fingerprint density at radius 3 is 1.18 bits per heavy atom. The van der Waals surface area contributed by atoms with E-state index in [2.05, 4.69) is 0 Å². The smallest absolute Gasteiger partial charge is 0.187 e. The normalized spacial score (nSPS) is 8.36. The number of carbonyl (C=O) groups is 2. The quantitative estimate of drug-likeness (QED) is 0.557. The zero-order valence-corrected chi connectivity index (χ0v) is 12.4. The number of hydrogen-bond acceptors (Lipinski definition) is 4. The van der Waals surface area contributed by atoms with E-state index in [-0.39, 0.29) is 31.0 Å². The Kier molecular flexibility index (Phi) is 12.1. The van der Waals surface area contributed by atoms with E-state index >= 15 is 0 Å². The highest BCUT2D eigenvalue weighted by Crippen LogP contribution is 1.76. The number of aromatic nitrogens is 2. The molecule has 7 nitrogen and oxygen atoms in total. The van der Waals surface area contributed by atoms with E-state index in [1.807, 2.05) is 12.1 Å². The first-order valence-electron chi connectivity index (χ1n) is 5.86. The molecule has 8 heteroatoms. The molecule has 0 aliphatic carbocycles. The summed E-state index contributed by atoms with van der Waals surface area (Å²) in [6.07, 6.45) is 6.71. The standard InChI is InChI=1S/2C7H7NO2.ClH.H2O/c2*9-7(10)6-8-4-2-1-3-5-8;;/h2*1-5H,6H2;1H;1H2. The highest BCUT2D eigenvalue weighted by Gasteiger charge is 1.95. The SMILES string of the molecule is Cl.O.O=C([O-])C[n+]1ccccc1.O=C([O-])C[n+]1ccccc1. The number of halogens is 1. The van der Waals surface area contributed by atoms with E-state index in [1.54, 1.807) is 49.1 Å². The summed E-state index contributed by atoms with van der Waals surface area (Å²) in [5, 5.41) is 20.1. The van der Waals surface area contributed by atoms with Gasteiger partial charge in [-0.2, -0.15) is 9.13 Å². The molecule has 0 aliphatic rings. The molecule has 0 bridgehead atoms. The Labute approximate surface area is 133 Å². The van der Waals surface area contributed by atoms with Gasteiger partial charge in [0, 0.05) is 24.3 Å². The van der Waals surface area contributed by atoms with Crippen molar-refractivity contribution in [1.29, 1.82) is 0 Å².